The number of alkyl carbamates (subject to hydrolysis) is 1. The lowest BCUT2D eigenvalue weighted by molar-refractivity contribution is -0.385. The minimum Gasteiger partial charge on any atom is -0.453 e. The van der Waals surface area contributed by atoms with Crippen molar-refractivity contribution >= 4 is 39.9 Å². The zero-order chi connectivity index (χ0) is 19.4. The zero-order valence-corrected chi connectivity index (χ0v) is 14.9. The smallest absolute Gasteiger partial charge is 0.413 e. The zero-order valence-electron chi connectivity index (χ0n) is 14.1. The van der Waals surface area contributed by atoms with Crippen LogP contribution in [0.4, 0.5) is 15.5 Å². The second kappa shape index (κ2) is 7.74. The molecule has 1 heterocycles. The van der Waals surface area contributed by atoms with E-state index < -0.39 is 22.8 Å². The Morgan fingerprint density at radius 1 is 1.15 bits per heavy atom. The Morgan fingerprint density at radius 2 is 1.81 bits per heavy atom. The van der Waals surface area contributed by atoms with Crippen LogP contribution >= 0.6 is 11.3 Å². The van der Waals surface area contributed by atoms with Crippen molar-refractivity contribution in [2.24, 2.45) is 0 Å². The third-order valence-electron chi connectivity index (χ3n) is 3.59. The third-order valence-corrected chi connectivity index (χ3v) is 4.71. The number of aryl methyl sites for hydroxylation is 1. The molecule has 0 atom stereocenters. The monoisotopic (exact) mass is 377 g/mol. The van der Waals surface area contributed by atoms with Crippen molar-refractivity contribution in [1.82, 2.24) is 5.32 Å². The van der Waals surface area contributed by atoms with Crippen LogP contribution in [0.25, 0.3) is 0 Å². The molecule has 136 valence electrons. The maximum absolute atomic E-state index is 12.5. The Kier molecular flexibility index (Phi) is 5.68. The first kappa shape index (κ1) is 19.1. The Morgan fingerprint density at radius 3 is 2.42 bits per heavy atom. The number of hydrogen-bond donors (Lipinski definition) is 2. The highest BCUT2D eigenvalue weighted by Gasteiger charge is 2.25. The third kappa shape index (κ3) is 3.86. The SMILES string of the molecule is COC(=O)NC(=O)c1c(NC(=O)c2ccccc2[N+](=O)[O-])sc(C)c1C. The molecule has 10 heteroatoms. The van der Waals surface area contributed by atoms with Gasteiger partial charge in [0.25, 0.3) is 17.5 Å². The van der Waals surface area contributed by atoms with Crippen LogP contribution in [0, 0.1) is 24.0 Å². The summed E-state index contributed by atoms with van der Waals surface area (Å²) in [6, 6.07) is 5.47. The van der Waals surface area contributed by atoms with Crippen molar-refractivity contribution in [3.8, 4) is 0 Å². The Balaban J connectivity index is 2.37. The molecule has 0 fully saturated rings. The number of hydrogen-bond acceptors (Lipinski definition) is 7. The fraction of sp³-hybridized carbons (Fsp3) is 0.188. The standard InChI is InChI=1S/C16H15N3O6S/c1-8-9(2)26-15(12(8)14(21)18-16(22)25-3)17-13(20)10-6-4-5-7-11(10)19(23)24/h4-7H,1-3H3,(H,17,20)(H,18,21,22). The summed E-state index contributed by atoms with van der Waals surface area (Å²) in [5.74, 6) is -1.47. The highest BCUT2D eigenvalue weighted by molar-refractivity contribution is 7.16. The van der Waals surface area contributed by atoms with Gasteiger partial charge in [-0.15, -0.1) is 11.3 Å². The molecule has 3 amide bonds. The van der Waals surface area contributed by atoms with Gasteiger partial charge in [0, 0.05) is 10.9 Å². The lowest BCUT2D eigenvalue weighted by atomic mass is 10.1. The average Bonchev–Trinajstić information content (AvgIpc) is 2.88. The first-order valence-electron chi connectivity index (χ1n) is 7.30. The van der Waals surface area contributed by atoms with Gasteiger partial charge in [0.05, 0.1) is 17.6 Å². The summed E-state index contributed by atoms with van der Waals surface area (Å²) in [5, 5.41) is 15.8. The van der Waals surface area contributed by atoms with E-state index in [-0.39, 0.29) is 21.8 Å². The molecule has 0 saturated heterocycles. The maximum Gasteiger partial charge on any atom is 0.413 e. The molecule has 0 bridgehead atoms. The van der Waals surface area contributed by atoms with Crippen LogP contribution in [0.5, 0.6) is 0 Å². The second-order valence-corrected chi connectivity index (χ2v) is 6.39. The summed E-state index contributed by atoms with van der Waals surface area (Å²) in [7, 11) is 1.12. The first-order chi connectivity index (χ1) is 12.3. The lowest BCUT2D eigenvalue weighted by Gasteiger charge is -2.08. The largest absolute Gasteiger partial charge is 0.453 e. The molecule has 26 heavy (non-hydrogen) atoms. The Hall–Kier alpha value is -3.27. The number of nitro benzene ring substituents is 1. The molecule has 1 aromatic heterocycles. The summed E-state index contributed by atoms with van der Waals surface area (Å²) in [6.07, 6.45) is -0.936. The van der Waals surface area contributed by atoms with Gasteiger partial charge in [0.1, 0.15) is 10.6 Å². The number of methoxy groups -OCH3 is 1. The number of anilines is 1. The molecule has 0 aliphatic rings. The molecule has 0 unspecified atom stereocenters. The minimum atomic E-state index is -0.936. The van der Waals surface area contributed by atoms with Crippen molar-refractivity contribution in [3.63, 3.8) is 0 Å². The van der Waals surface area contributed by atoms with E-state index in [1.165, 1.54) is 24.3 Å². The number of carbonyl (C=O) groups is 3. The van der Waals surface area contributed by atoms with Gasteiger partial charge in [-0.2, -0.15) is 0 Å². The molecular weight excluding hydrogens is 362 g/mol. The average molecular weight is 377 g/mol. The van der Waals surface area contributed by atoms with Gasteiger partial charge in [-0.1, -0.05) is 12.1 Å². The van der Waals surface area contributed by atoms with Crippen molar-refractivity contribution in [2.75, 3.05) is 12.4 Å². The van der Waals surface area contributed by atoms with E-state index in [0.717, 1.165) is 23.3 Å². The van der Waals surface area contributed by atoms with E-state index in [1.54, 1.807) is 13.8 Å². The molecule has 0 aliphatic heterocycles. The van der Waals surface area contributed by atoms with Gasteiger partial charge in [0.2, 0.25) is 0 Å². The molecule has 1 aromatic carbocycles. The van der Waals surface area contributed by atoms with Crippen LogP contribution in [0.15, 0.2) is 24.3 Å². The number of ether oxygens (including phenoxy) is 1. The van der Waals surface area contributed by atoms with Crippen LogP contribution < -0.4 is 10.6 Å². The van der Waals surface area contributed by atoms with Crippen LogP contribution in [-0.4, -0.2) is 29.9 Å². The number of imide groups is 1. The van der Waals surface area contributed by atoms with E-state index in [2.05, 4.69) is 10.1 Å². The fourth-order valence-electron chi connectivity index (χ4n) is 2.19. The normalized spacial score (nSPS) is 10.1. The predicted octanol–water partition coefficient (Wildman–Crippen LogP) is 3.02. The van der Waals surface area contributed by atoms with Crippen LogP contribution in [-0.2, 0) is 4.74 Å². The molecule has 9 nitrogen and oxygen atoms in total. The van der Waals surface area contributed by atoms with E-state index in [0.29, 0.717) is 5.56 Å². The first-order valence-corrected chi connectivity index (χ1v) is 8.12. The van der Waals surface area contributed by atoms with Gasteiger partial charge >= 0.3 is 6.09 Å². The van der Waals surface area contributed by atoms with Gasteiger partial charge in [-0.05, 0) is 25.5 Å². The predicted molar refractivity (Wildman–Crippen MR) is 94.7 cm³/mol. The highest BCUT2D eigenvalue weighted by Crippen LogP contribution is 2.33. The summed E-state index contributed by atoms with van der Waals surface area (Å²) in [5.41, 5.74) is 0.190. The number of carbonyl (C=O) groups excluding carboxylic acids is 3. The van der Waals surface area contributed by atoms with E-state index in [1.807, 2.05) is 5.32 Å². The molecule has 2 rings (SSSR count). The Labute approximate surface area is 152 Å². The second-order valence-electron chi connectivity index (χ2n) is 5.16. The van der Waals surface area contributed by atoms with Crippen molar-refractivity contribution < 1.29 is 24.0 Å². The number of thiophene rings is 1. The molecule has 0 radical (unpaired) electrons. The summed E-state index contributed by atoms with van der Waals surface area (Å²) >= 11 is 1.13. The highest BCUT2D eigenvalue weighted by atomic mass is 32.1. The molecule has 2 aromatic rings. The van der Waals surface area contributed by atoms with Crippen molar-refractivity contribution in [2.45, 2.75) is 13.8 Å². The van der Waals surface area contributed by atoms with E-state index in [9.17, 15) is 24.5 Å². The van der Waals surface area contributed by atoms with Gasteiger partial charge in [-0.25, -0.2) is 4.79 Å². The molecular formula is C16H15N3O6S. The quantitative estimate of drug-likeness (QED) is 0.623. The summed E-state index contributed by atoms with van der Waals surface area (Å²) < 4.78 is 4.39. The fourth-order valence-corrected chi connectivity index (χ4v) is 3.24. The maximum atomic E-state index is 12.5. The number of nitrogens with one attached hydrogen (secondary N) is 2. The molecule has 0 spiro atoms. The van der Waals surface area contributed by atoms with E-state index >= 15 is 0 Å². The van der Waals surface area contributed by atoms with Gasteiger partial charge in [0.15, 0.2) is 0 Å². The number of nitro groups is 1. The minimum absolute atomic E-state index is 0.102. The number of rotatable bonds is 4. The van der Waals surface area contributed by atoms with Crippen molar-refractivity contribution in [3.05, 3.63) is 55.9 Å². The van der Waals surface area contributed by atoms with Crippen molar-refractivity contribution in [1.29, 1.82) is 0 Å². The number of benzene rings is 1. The number of para-hydroxylation sites is 1. The summed E-state index contributed by atoms with van der Waals surface area (Å²) in [4.78, 5) is 47.2. The topological polar surface area (TPSA) is 128 Å². The molecule has 2 N–H and O–H groups in total. The molecule has 0 aliphatic carbocycles. The Bertz CT molecular complexity index is 905. The van der Waals surface area contributed by atoms with Crippen LogP contribution in [0.3, 0.4) is 0 Å². The number of nitrogens with zero attached hydrogens (tertiary/aromatic N) is 1. The number of amides is 3. The van der Waals surface area contributed by atoms with Gasteiger partial charge < -0.3 is 10.1 Å². The lowest BCUT2D eigenvalue weighted by Crippen LogP contribution is -2.31. The molecule has 0 saturated carbocycles. The van der Waals surface area contributed by atoms with Crippen LogP contribution in [0.1, 0.15) is 31.2 Å². The summed E-state index contributed by atoms with van der Waals surface area (Å²) in [6.45, 7) is 3.41. The van der Waals surface area contributed by atoms with E-state index in [4.69, 9.17) is 0 Å². The van der Waals surface area contributed by atoms with Crippen LogP contribution in [0.2, 0.25) is 0 Å². The van der Waals surface area contributed by atoms with Gasteiger partial charge in [-0.3, -0.25) is 25.0 Å².